The van der Waals surface area contributed by atoms with Gasteiger partial charge in [0.05, 0.1) is 6.61 Å². The Morgan fingerprint density at radius 1 is 0.960 bits per heavy atom. The molecule has 0 radical (unpaired) electrons. The minimum absolute atomic E-state index is 0.127. The second-order valence-electron chi connectivity index (χ2n) is 6.87. The molecule has 2 saturated heterocycles. The Labute approximate surface area is 151 Å². The number of aliphatic hydroxyl groups is 2. The molecule has 3 N–H and O–H groups in total. The maximum atomic E-state index is 11.0. The lowest BCUT2D eigenvalue weighted by Crippen LogP contribution is -2.35. The highest BCUT2D eigenvalue weighted by molar-refractivity contribution is 5.80. The third-order valence-corrected chi connectivity index (χ3v) is 3.63. The highest BCUT2D eigenvalue weighted by Crippen LogP contribution is 2.08. The summed E-state index contributed by atoms with van der Waals surface area (Å²) in [6, 6.07) is 0. The summed E-state index contributed by atoms with van der Waals surface area (Å²) in [7, 11) is 0. The van der Waals surface area contributed by atoms with Gasteiger partial charge in [-0.25, -0.2) is 4.79 Å². The zero-order chi connectivity index (χ0) is 19.2. The fraction of sp³-hybridized carbons (Fsp3) is 0.889. The Bertz CT molecular complexity index is 355. The average molecular weight is 360 g/mol. The van der Waals surface area contributed by atoms with E-state index in [4.69, 9.17) is 10.2 Å². The van der Waals surface area contributed by atoms with Gasteiger partial charge in [-0.2, -0.15) is 0 Å². The third kappa shape index (κ3) is 12.8. The number of carbonyl (C=O) groups excluding carboxylic acids is 2. The zero-order valence-electron chi connectivity index (χ0n) is 16.2. The molecular weight excluding hydrogens is 324 g/mol. The monoisotopic (exact) mass is 360 g/mol. The van der Waals surface area contributed by atoms with Crippen LogP contribution >= 0.6 is 0 Å². The number of hydrogen-bond acceptors (Lipinski definition) is 6. The number of amides is 1. The lowest BCUT2D eigenvalue weighted by Gasteiger charge is -2.16. The highest BCUT2D eigenvalue weighted by Gasteiger charge is 2.20. The van der Waals surface area contributed by atoms with Crippen LogP contribution in [-0.4, -0.2) is 72.0 Å². The van der Waals surface area contributed by atoms with Crippen molar-refractivity contribution in [2.24, 2.45) is 5.92 Å². The molecule has 7 heteroatoms. The van der Waals surface area contributed by atoms with Gasteiger partial charge in [-0.05, 0) is 58.5 Å². The smallest absolute Gasteiger partial charge is 0.334 e. The summed E-state index contributed by atoms with van der Waals surface area (Å²) in [5, 5.41) is 20.8. The Morgan fingerprint density at radius 3 is 1.80 bits per heavy atom. The van der Waals surface area contributed by atoms with Gasteiger partial charge in [0.15, 0.2) is 0 Å². The van der Waals surface area contributed by atoms with Crippen LogP contribution < -0.4 is 5.32 Å². The number of nitrogens with zero attached hydrogens (tertiary/aromatic N) is 1. The maximum absolute atomic E-state index is 11.0. The molecule has 2 atom stereocenters. The van der Waals surface area contributed by atoms with Crippen molar-refractivity contribution in [1.29, 1.82) is 0 Å². The van der Waals surface area contributed by atoms with Crippen LogP contribution in [0.3, 0.4) is 0 Å². The molecule has 25 heavy (non-hydrogen) atoms. The average Bonchev–Trinajstić information content (AvgIpc) is 3.27. The fourth-order valence-corrected chi connectivity index (χ4v) is 2.20. The summed E-state index contributed by atoms with van der Waals surface area (Å²) in [5.41, 5.74) is 0. The van der Waals surface area contributed by atoms with Gasteiger partial charge in [0.1, 0.15) is 12.2 Å². The summed E-state index contributed by atoms with van der Waals surface area (Å²) in [6.07, 6.45) is 3.12. The van der Waals surface area contributed by atoms with E-state index in [1.165, 1.54) is 39.8 Å². The molecule has 148 valence electrons. The molecule has 2 rings (SSSR count). The van der Waals surface area contributed by atoms with Crippen molar-refractivity contribution >= 4 is 11.9 Å². The maximum Gasteiger partial charge on any atom is 0.334 e. The van der Waals surface area contributed by atoms with E-state index in [1.54, 1.807) is 4.90 Å². The number of hydrogen-bond donors (Lipinski definition) is 3. The van der Waals surface area contributed by atoms with E-state index in [-0.39, 0.29) is 5.91 Å². The van der Waals surface area contributed by atoms with Gasteiger partial charge >= 0.3 is 5.97 Å². The molecule has 0 aromatic rings. The molecule has 7 nitrogen and oxygen atoms in total. The van der Waals surface area contributed by atoms with Gasteiger partial charge in [-0.3, -0.25) is 4.79 Å². The van der Waals surface area contributed by atoms with Crippen LogP contribution in [-0.2, 0) is 14.3 Å². The quantitative estimate of drug-likeness (QED) is 0.645. The van der Waals surface area contributed by atoms with Crippen molar-refractivity contribution < 1.29 is 24.5 Å². The Morgan fingerprint density at radius 2 is 1.48 bits per heavy atom. The summed E-state index contributed by atoms with van der Waals surface area (Å²) >= 11 is 0. The molecule has 0 aromatic heterocycles. The molecular formula is C18H36N2O5. The molecule has 2 heterocycles. The second-order valence-corrected chi connectivity index (χ2v) is 6.87. The predicted molar refractivity (Wildman–Crippen MR) is 97.1 cm³/mol. The minimum atomic E-state index is -1.00. The van der Waals surface area contributed by atoms with E-state index < -0.39 is 18.2 Å². The molecule has 0 unspecified atom stereocenters. The van der Waals surface area contributed by atoms with E-state index in [2.05, 4.69) is 10.1 Å². The predicted octanol–water partition coefficient (Wildman–Crippen LogP) is 0.926. The Kier molecular flexibility index (Phi) is 13.4. The van der Waals surface area contributed by atoms with Crippen molar-refractivity contribution in [1.82, 2.24) is 10.2 Å². The molecule has 0 aromatic carbocycles. The topological polar surface area (TPSA) is 99.1 Å². The molecule has 0 saturated carbocycles. The van der Waals surface area contributed by atoms with Crippen LogP contribution in [0.1, 0.15) is 53.4 Å². The summed E-state index contributed by atoms with van der Waals surface area (Å²) in [6.45, 7) is 11.3. The first-order valence-corrected chi connectivity index (χ1v) is 9.28. The number of esters is 1. The van der Waals surface area contributed by atoms with Crippen LogP contribution in [0.4, 0.5) is 0 Å². The van der Waals surface area contributed by atoms with Crippen molar-refractivity contribution in [3.63, 3.8) is 0 Å². The van der Waals surface area contributed by atoms with Crippen LogP contribution in [0.2, 0.25) is 0 Å². The first kappa shape index (κ1) is 23.8. The summed E-state index contributed by atoms with van der Waals surface area (Å²) in [4.78, 5) is 23.3. The van der Waals surface area contributed by atoms with Gasteiger partial charge in [0.2, 0.25) is 0 Å². The Balaban J connectivity index is 0.000000364. The van der Waals surface area contributed by atoms with E-state index in [0.717, 1.165) is 25.9 Å². The largest absolute Gasteiger partial charge is 0.464 e. The van der Waals surface area contributed by atoms with Gasteiger partial charge in [-0.15, -0.1) is 0 Å². The first-order chi connectivity index (χ1) is 11.8. The van der Waals surface area contributed by atoms with E-state index >= 15 is 0 Å². The number of carbonyl (C=O) groups is 2. The number of rotatable bonds is 4. The normalized spacial score (nSPS) is 18.6. The SMILES string of the molecule is C1CCNC1.CC(C)COC(=O)[C@@H](C)O.C[C@@H](O)C(=O)N1CCCC1. The van der Waals surface area contributed by atoms with E-state index in [0.29, 0.717) is 12.5 Å². The van der Waals surface area contributed by atoms with Crippen LogP contribution in [0.25, 0.3) is 0 Å². The van der Waals surface area contributed by atoms with E-state index in [1.807, 2.05) is 13.8 Å². The highest BCUT2D eigenvalue weighted by atomic mass is 16.5. The van der Waals surface area contributed by atoms with E-state index in [9.17, 15) is 9.59 Å². The lowest BCUT2D eigenvalue weighted by molar-refractivity contribution is -0.153. The van der Waals surface area contributed by atoms with Gasteiger partial charge in [-0.1, -0.05) is 13.8 Å². The molecule has 2 aliphatic rings. The second kappa shape index (κ2) is 14.0. The van der Waals surface area contributed by atoms with Crippen molar-refractivity contribution in [3.8, 4) is 0 Å². The standard InChI is InChI=1S/C7H13NO2.C7H14O3.C4H9N/c1-6(9)7(10)8-4-2-3-5-8;1-5(2)4-10-7(9)6(3)8;1-2-4-5-3-1/h6,9H,2-5H2,1H3;5-6,8H,4H2,1-3H3;5H,1-4H2/t2*6-;/m11./s1. The molecule has 0 aliphatic carbocycles. The summed E-state index contributed by atoms with van der Waals surface area (Å²) < 4.78 is 4.68. The first-order valence-electron chi connectivity index (χ1n) is 9.28. The Hall–Kier alpha value is -1.18. The van der Waals surface area contributed by atoms with Gasteiger partial charge in [0, 0.05) is 13.1 Å². The lowest BCUT2D eigenvalue weighted by atomic mass is 10.2. The van der Waals surface area contributed by atoms with Gasteiger partial charge < -0.3 is 25.2 Å². The van der Waals surface area contributed by atoms with Crippen LogP contribution in [0, 0.1) is 5.92 Å². The molecule has 2 aliphatic heterocycles. The van der Waals surface area contributed by atoms with Crippen molar-refractivity contribution in [2.75, 3.05) is 32.8 Å². The van der Waals surface area contributed by atoms with Crippen LogP contribution in [0.5, 0.6) is 0 Å². The van der Waals surface area contributed by atoms with Gasteiger partial charge in [0.25, 0.3) is 5.91 Å². The minimum Gasteiger partial charge on any atom is -0.464 e. The number of ether oxygens (including phenoxy) is 1. The molecule has 1 amide bonds. The van der Waals surface area contributed by atoms with Crippen LogP contribution in [0.15, 0.2) is 0 Å². The number of nitrogens with one attached hydrogen (secondary N) is 1. The molecule has 0 spiro atoms. The third-order valence-electron chi connectivity index (χ3n) is 3.63. The molecule has 0 bridgehead atoms. The summed E-state index contributed by atoms with van der Waals surface area (Å²) in [5.74, 6) is -0.353. The van der Waals surface area contributed by atoms with Crippen molar-refractivity contribution in [3.05, 3.63) is 0 Å². The number of aliphatic hydroxyl groups excluding tert-OH is 2. The van der Waals surface area contributed by atoms with Crippen molar-refractivity contribution in [2.45, 2.75) is 65.6 Å². The number of likely N-dealkylation sites (tertiary alicyclic amines) is 1. The zero-order valence-corrected chi connectivity index (χ0v) is 16.2. The fourth-order valence-electron chi connectivity index (χ4n) is 2.20. The molecule has 2 fully saturated rings.